The van der Waals surface area contributed by atoms with Gasteiger partial charge in [0.1, 0.15) is 5.75 Å². The third kappa shape index (κ3) is 3.23. The molecule has 1 aliphatic heterocycles. The summed E-state index contributed by atoms with van der Waals surface area (Å²) in [6.45, 7) is 1.33. The Labute approximate surface area is 161 Å². The molecule has 1 saturated heterocycles. The zero-order valence-corrected chi connectivity index (χ0v) is 15.9. The Morgan fingerprint density at radius 1 is 1.07 bits per heavy atom. The summed E-state index contributed by atoms with van der Waals surface area (Å²) in [5.41, 5.74) is 8.33. The van der Waals surface area contributed by atoms with E-state index in [4.69, 9.17) is 10.5 Å². The van der Waals surface area contributed by atoms with Gasteiger partial charge in [-0.25, -0.2) is 0 Å². The first-order chi connectivity index (χ1) is 13.1. The molecule has 0 aromatic heterocycles. The summed E-state index contributed by atoms with van der Waals surface area (Å²) in [5, 5.41) is 0. The predicted molar refractivity (Wildman–Crippen MR) is 107 cm³/mol. The molecular formula is C23H28N2O2. The van der Waals surface area contributed by atoms with Crippen LogP contribution < -0.4 is 10.5 Å². The van der Waals surface area contributed by atoms with Crippen molar-refractivity contribution >= 4 is 5.91 Å². The predicted octanol–water partition coefficient (Wildman–Crippen LogP) is 3.46. The summed E-state index contributed by atoms with van der Waals surface area (Å²) >= 11 is 0. The number of hydrogen-bond donors (Lipinski definition) is 1. The van der Waals surface area contributed by atoms with Crippen molar-refractivity contribution in [1.82, 2.24) is 4.90 Å². The largest absolute Gasteiger partial charge is 0.497 e. The summed E-state index contributed by atoms with van der Waals surface area (Å²) in [6.07, 6.45) is 3.98. The number of carbonyl (C=O) groups is 1. The molecule has 2 N–H and O–H groups in total. The van der Waals surface area contributed by atoms with Gasteiger partial charge >= 0.3 is 0 Å². The molecule has 0 spiro atoms. The maximum Gasteiger partial charge on any atom is 0.233 e. The van der Waals surface area contributed by atoms with Gasteiger partial charge < -0.3 is 15.4 Å². The van der Waals surface area contributed by atoms with Crippen LogP contribution in [0.25, 0.3) is 0 Å². The number of benzene rings is 2. The topological polar surface area (TPSA) is 55.6 Å². The van der Waals surface area contributed by atoms with Crippen LogP contribution in [0, 0.1) is 0 Å². The van der Waals surface area contributed by atoms with E-state index in [-0.39, 0.29) is 17.9 Å². The van der Waals surface area contributed by atoms with Gasteiger partial charge in [-0.2, -0.15) is 0 Å². The number of amides is 1. The van der Waals surface area contributed by atoms with Crippen molar-refractivity contribution in [2.24, 2.45) is 5.73 Å². The summed E-state index contributed by atoms with van der Waals surface area (Å²) in [4.78, 5) is 15.7. The minimum Gasteiger partial charge on any atom is -0.497 e. The summed E-state index contributed by atoms with van der Waals surface area (Å²) in [7, 11) is 1.67. The molecule has 1 saturated carbocycles. The van der Waals surface area contributed by atoms with Crippen LogP contribution in [0.5, 0.6) is 5.75 Å². The summed E-state index contributed by atoms with van der Waals surface area (Å²) in [6, 6.07) is 18.4. The zero-order chi connectivity index (χ0) is 18.9. The van der Waals surface area contributed by atoms with Gasteiger partial charge in [0.2, 0.25) is 5.91 Å². The molecule has 4 nitrogen and oxygen atoms in total. The molecule has 1 aliphatic carbocycles. The molecule has 2 aliphatic rings. The Hall–Kier alpha value is -2.33. The fourth-order valence-corrected chi connectivity index (χ4v) is 4.88. The molecule has 1 amide bonds. The van der Waals surface area contributed by atoms with Crippen LogP contribution in [0.2, 0.25) is 0 Å². The molecule has 27 heavy (non-hydrogen) atoms. The second kappa shape index (κ2) is 7.35. The molecule has 142 valence electrons. The normalized spacial score (nSPS) is 24.1. The first kappa shape index (κ1) is 18.1. The van der Waals surface area contributed by atoms with E-state index in [2.05, 4.69) is 18.2 Å². The first-order valence-electron chi connectivity index (χ1n) is 9.88. The highest BCUT2D eigenvalue weighted by Gasteiger charge is 2.47. The maximum atomic E-state index is 13.7. The van der Waals surface area contributed by atoms with Crippen LogP contribution in [0.4, 0.5) is 0 Å². The Kier molecular flexibility index (Phi) is 4.92. The maximum absolute atomic E-state index is 13.7. The minimum atomic E-state index is -0.431. The SMILES string of the molecule is COc1cccc(C2(C(=O)N3C[C@@H](N)[C@H](c4ccccc4)C3)CCCC2)c1. The highest BCUT2D eigenvalue weighted by molar-refractivity contribution is 5.89. The second-order valence-electron chi connectivity index (χ2n) is 7.91. The van der Waals surface area contributed by atoms with Gasteiger partial charge in [-0.15, -0.1) is 0 Å². The van der Waals surface area contributed by atoms with Crippen LogP contribution >= 0.6 is 0 Å². The van der Waals surface area contributed by atoms with E-state index < -0.39 is 5.41 Å². The fourth-order valence-electron chi connectivity index (χ4n) is 4.88. The summed E-state index contributed by atoms with van der Waals surface area (Å²) in [5.74, 6) is 1.26. The van der Waals surface area contributed by atoms with Gasteiger partial charge in [0, 0.05) is 25.0 Å². The van der Waals surface area contributed by atoms with E-state index in [1.165, 1.54) is 5.56 Å². The molecule has 2 aromatic rings. The molecule has 2 aromatic carbocycles. The number of rotatable bonds is 4. The Morgan fingerprint density at radius 3 is 2.52 bits per heavy atom. The molecule has 0 unspecified atom stereocenters. The van der Waals surface area contributed by atoms with Crippen molar-refractivity contribution in [2.75, 3.05) is 20.2 Å². The average Bonchev–Trinajstić information content (AvgIpc) is 3.36. The number of likely N-dealkylation sites (tertiary alicyclic amines) is 1. The van der Waals surface area contributed by atoms with Gasteiger partial charge in [0.05, 0.1) is 12.5 Å². The molecule has 4 rings (SSSR count). The van der Waals surface area contributed by atoms with Gasteiger partial charge in [0.25, 0.3) is 0 Å². The van der Waals surface area contributed by atoms with Crippen molar-refractivity contribution in [1.29, 1.82) is 0 Å². The number of methoxy groups -OCH3 is 1. The van der Waals surface area contributed by atoms with Crippen molar-refractivity contribution in [2.45, 2.75) is 43.1 Å². The van der Waals surface area contributed by atoms with Gasteiger partial charge in [-0.05, 0) is 36.1 Å². The van der Waals surface area contributed by atoms with Crippen LogP contribution in [0.15, 0.2) is 54.6 Å². The number of nitrogens with zero attached hydrogens (tertiary/aromatic N) is 1. The van der Waals surface area contributed by atoms with Crippen LogP contribution in [-0.4, -0.2) is 37.0 Å². The van der Waals surface area contributed by atoms with Gasteiger partial charge in [0.15, 0.2) is 0 Å². The van der Waals surface area contributed by atoms with Gasteiger partial charge in [-0.1, -0.05) is 55.3 Å². The van der Waals surface area contributed by atoms with E-state index >= 15 is 0 Å². The standard InChI is InChI=1S/C23H28N2O2/c1-27-19-11-7-10-18(14-19)23(12-5-6-13-23)22(26)25-15-20(21(24)16-25)17-8-3-2-4-9-17/h2-4,7-11,14,20-21H,5-6,12-13,15-16,24H2,1H3/t20-,21+/m0/s1. The van der Waals surface area contributed by atoms with Crippen LogP contribution in [-0.2, 0) is 10.2 Å². The van der Waals surface area contributed by atoms with Crippen molar-refractivity contribution in [3.63, 3.8) is 0 Å². The summed E-state index contributed by atoms with van der Waals surface area (Å²) < 4.78 is 5.41. The minimum absolute atomic E-state index is 0.0138. The van der Waals surface area contributed by atoms with Crippen molar-refractivity contribution in [3.8, 4) is 5.75 Å². The zero-order valence-electron chi connectivity index (χ0n) is 15.9. The molecule has 0 radical (unpaired) electrons. The lowest BCUT2D eigenvalue weighted by Crippen LogP contribution is -2.45. The van der Waals surface area contributed by atoms with E-state index in [1.807, 2.05) is 41.3 Å². The van der Waals surface area contributed by atoms with Crippen LogP contribution in [0.3, 0.4) is 0 Å². The Balaban J connectivity index is 1.62. The number of hydrogen-bond acceptors (Lipinski definition) is 3. The fraction of sp³-hybridized carbons (Fsp3) is 0.435. The molecule has 1 heterocycles. The smallest absolute Gasteiger partial charge is 0.233 e. The van der Waals surface area contributed by atoms with E-state index in [0.29, 0.717) is 13.1 Å². The monoisotopic (exact) mass is 364 g/mol. The number of nitrogens with two attached hydrogens (primary N) is 1. The molecule has 2 fully saturated rings. The Morgan fingerprint density at radius 2 is 1.81 bits per heavy atom. The van der Waals surface area contributed by atoms with E-state index in [0.717, 1.165) is 37.0 Å². The lowest BCUT2D eigenvalue weighted by atomic mass is 9.77. The van der Waals surface area contributed by atoms with E-state index in [1.54, 1.807) is 7.11 Å². The molecule has 2 atom stereocenters. The number of carbonyl (C=O) groups excluding carboxylic acids is 1. The Bertz CT molecular complexity index is 799. The van der Waals surface area contributed by atoms with Crippen LogP contribution in [0.1, 0.15) is 42.7 Å². The molecule has 0 bridgehead atoms. The quantitative estimate of drug-likeness (QED) is 0.904. The second-order valence-corrected chi connectivity index (χ2v) is 7.91. The van der Waals surface area contributed by atoms with E-state index in [9.17, 15) is 4.79 Å². The van der Waals surface area contributed by atoms with Crippen molar-refractivity contribution < 1.29 is 9.53 Å². The third-order valence-corrected chi connectivity index (χ3v) is 6.37. The molecule has 4 heteroatoms. The highest BCUT2D eigenvalue weighted by atomic mass is 16.5. The highest BCUT2D eigenvalue weighted by Crippen LogP contribution is 2.44. The third-order valence-electron chi connectivity index (χ3n) is 6.37. The lowest BCUT2D eigenvalue weighted by Gasteiger charge is -2.33. The molecular weight excluding hydrogens is 336 g/mol. The van der Waals surface area contributed by atoms with Crippen molar-refractivity contribution in [3.05, 3.63) is 65.7 Å². The lowest BCUT2D eigenvalue weighted by molar-refractivity contribution is -0.136. The first-order valence-corrected chi connectivity index (χ1v) is 9.88. The van der Waals surface area contributed by atoms with Gasteiger partial charge in [-0.3, -0.25) is 4.79 Å². The number of ether oxygens (including phenoxy) is 1. The average molecular weight is 364 g/mol.